The first-order chi connectivity index (χ1) is 8.90. The van der Waals surface area contributed by atoms with Gasteiger partial charge < -0.3 is 0 Å². The fourth-order valence-electron chi connectivity index (χ4n) is 1.48. The highest BCUT2D eigenvalue weighted by Gasteiger charge is 2.04. The van der Waals surface area contributed by atoms with E-state index in [0.717, 1.165) is 11.3 Å². The molecule has 0 amide bonds. The van der Waals surface area contributed by atoms with Crippen molar-refractivity contribution in [3.63, 3.8) is 0 Å². The number of nitrogens with zero attached hydrogens (tertiary/aromatic N) is 1. The van der Waals surface area contributed by atoms with Crippen LogP contribution in [0.4, 0.5) is 9.57 Å². The van der Waals surface area contributed by atoms with Gasteiger partial charge in [-0.25, -0.2) is 0 Å². The molecule has 0 aromatic heterocycles. The number of benzene rings is 2. The molecule has 0 saturated carbocycles. The molecule has 0 aliphatic carbocycles. The van der Waals surface area contributed by atoms with E-state index in [9.17, 15) is 3.89 Å². The summed E-state index contributed by atoms with van der Waals surface area (Å²) in [5.41, 5.74) is 1.75. The second-order valence-electron chi connectivity index (χ2n) is 3.61. The second-order valence-corrected chi connectivity index (χ2v) is 4.19. The Morgan fingerprint density at radius 1 is 0.944 bits per heavy atom. The van der Waals surface area contributed by atoms with Gasteiger partial charge in [0, 0.05) is 5.56 Å². The molecule has 2 aromatic carbocycles. The average molecular weight is 257 g/mol. The van der Waals surface area contributed by atoms with E-state index in [1.807, 2.05) is 60.7 Å². The molecule has 0 aliphatic heterocycles. The van der Waals surface area contributed by atoms with Crippen LogP contribution in [0.2, 0.25) is 0 Å². The van der Waals surface area contributed by atoms with Crippen LogP contribution in [0.5, 0.6) is 0 Å². The molecule has 0 aliphatic rings. The Balaban J connectivity index is 2.03. The topological polar surface area (TPSA) is 3.24 Å². The molecule has 0 atom stereocenters. The monoisotopic (exact) mass is 257 g/mol. The van der Waals surface area contributed by atoms with Crippen LogP contribution >= 0.6 is 12.3 Å². The highest BCUT2D eigenvalue weighted by Crippen LogP contribution is 2.21. The van der Waals surface area contributed by atoms with Crippen molar-refractivity contribution >= 4 is 18.0 Å². The zero-order valence-electron chi connectivity index (χ0n) is 9.71. The maximum Gasteiger partial charge on any atom is 0.166 e. The lowest BCUT2D eigenvalue weighted by atomic mass is 10.2. The fourth-order valence-corrected chi connectivity index (χ4v) is 1.80. The van der Waals surface area contributed by atoms with Crippen molar-refractivity contribution in [2.24, 2.45) is 0 Å². The summed E-state index contributed by atoms with van der Waals surface area (Å²) in [5, 5.41) is 0. The molecule has 0 fully saturated rings. The number of anilines is 1. The highest BCUT2D eigenvalue weighted by molar-refractivity contribution is 7.95. The summed E-state index contributed by atoms with van der Waals surface area (Å²) in [4.78, 5) is 0. The van der Waals surface area contributed by atoms with Crippen LogP contribution in [-0.4, -0.2) is 6.54 Å². The van der Waals surface area contributed by atoms with Gasteiger partial charge in [0.05, 0.1) is 12.2 Å². The minimum Gasteiger partial charge on any atom is -0.277 e. The second kappa shape index (κ2) is 6.73. The molecule has 0 bridgehead atoms. The summed E-state index contributed by atoms with van der Waals surface area (Å²) in [6, 6.07) is 19.1. The van der Waals surface area contributed by atoms with Gasteiger partial charge in [0.15, 0.2) is 12.3 Å². The molecular formula is C15H12FNS. The molecule has 2 rings (SSSR count). The van der Waals surface area contributed by atoms with Gasteiger partial charge in [-0.2, -0.15) is 0 Å². The number of halogens is 1. The SMILES string of the molecule is FSN(CC#Cc1ccccc1)c1ccccc1. The van der Waals surface area contributed by atoms with E-state index < -0.39 is 0 Å². The Kier molecular flexibility index (Phi) is 4.68. The average Bonchev–Trinajstić information content (AvgIpc) is 2.46. The van der Waals surface area contributed by atoms with Crippen molar-refractivity contribution in [3.05, 3.63) is 66.2 Å². The molecule has 0 saturated heterocycles. The summed E-state index contributed by atoms with van der Waals surface area (Å²) < 4.78 is 14.4. The van der Waals surface area contributed by atoms with Crippen LogP contribution in [0.15, 0.2) is 60.7 Å². The molecule has 0 unspecified atom stereocenters. The third-order valence-electron chi connectivity index (χ3n) is 2.36. The van der Waals surface area contributed by atoms with Crippen molar-refractivity contribution in [3.8, 4) is 11.8 Å². The number of hydrogen-bond acceptors (Lipinski definition) is 2. The largest absolute Gasteiger partial charge is 0.277 e. The first-order valence-electron chi connectivity index (χ1n) is 5.55. The molecule has 3 heteroatoms. The summed E-state index contributed by atoms with van der Waals surface area (Å²) in [7, 11) is 0. The van der Waals surface area contributed by atoms with E-state index in [1.54, 1.807) is 0 Å². The summed E-state index contributed by atoms with van der Waals surface area (Å²) in [6.45, 7) is 0.347. The Bertz CT molecular complexity index is 531. The minimum absolute atomic E-state index is 0.189. The standard InChI is InChI=1S/C15H12FNS/c16-18-17(15-11-5-2-6-12-15)13-7-10-14-8-3-1-4-9-14/h1-6,8-9,11-12H,13H2. The number of para-hydroxylation sites is 1. The van der Waals surface area contributed by atoms with Crippen LogP contribution in [0.1, 0.15) is 5.56 Å². The predicted octanol–water partition coefficient (Wildman–Crippen LogP) is 4.08. The molecule has 0 heterocycles. The maximum atomic E-state index is 12.8. The van der Waals surface area contributed by atoms with E-state index >= 15 is 0 Å². The van der Waals surface area contributed by atoms with Crippen LogP contribution in [0, 0.1) is 11.8 Å². The van der Waals surface area contributed by atoms with Gasteiger partial charge in [0.25, 0.3) is 0 Å². The summed E-state index contributed by atoms with van der Waals surface area (Å²) in [5.74, 6) is 5.97. The molecule has 0 spiro atoms. The third kappa shape index (κ3) is 3.54. The molecule has 0 radical (unpaired) electrons. The van der Waals surface area contributed by atoms with Gasteiger partial charge in [0.1, 0.15) is 0 Å². The Morgan fingerprint density at radius 3 is 2.17 bits per heavy atom. The molecular weight excluding hydrogens is 245 g/mol. The molecule has 90 valence electrons. The van der Waals surface area contributed by atoms with Crippen LogP contribution < -0.4 is 4.31 Å². The van der Waals surface area contributed by atoms with E-state index in [2.05, 4.69) is 11.8 Å². The predicted molar refractivity (Wildman–Crippen MR) is 75.8 cm³/mol. The first-order valence-corrected chi connectivity index (χ1v) is 6.23. The van der Waals surface area contributed by atoms with Gasteiger partial charge in [-0.15, -0.1) is 3.89 Å². The number of rotatable bonds is 3. The first kappa shape index (κ1) is 12.5. The van der Waals surface area contributed by atoms with Gasteiger partial charge in [-0.05, 0) is 24.3 Å². The summed E-state index contributed by atoms with van der Waals surface area (Å²) in [6.07, 6.45) is 0. The van der Waals surface area contributed by atoms with Crippen LogP contribution in [0.3, 0.4) is 0 Å². The Labute approximate surface area is 111 Å². The van der Waals surface area contributed by atoms with E-state index in [-0.39, 0.29) is 12.3 Å². The lowest BCUT2D eigenvalue weighted by Gasteiger charge is -2.14. The Morgan fingerprint density at radius 2 is 1.56 bits per heavy atom. The fraction of sp³-hybridized carbons (Fsp3) is 0.0667. The molecule has 18 heavy (non-hydrogen) atoms. The normalized spacial score (nSPS) is 9.39. The Hall–Kier alpha value is -1.92. The van der Waals surface area contributed by atoms with E-state index in [4.69, 9.17) is 0 Å². The van der Waals surface area contributed by atoms with Gasteiger partial charge in [0.2, 0.25) is 0 Å². The third-order valence-corrected chi connectivity index (χ3v) is 2.86. The van der Waals surface area contributed by atoms with Crippen molar-refractivity contribution < 1.29 is 3.89 Å². The quantitative estimate of drug-likeness (QED) is 0.602. The zero-order valence-corrected chi connectivity index (χ0v) is 10.5. The van der Waals surface area contributed by atoms with E-state index in [0.29, 0.717) is 6.54 Å². The maximum absolute atomic E-state index is 12.8. The smallest absolute Gasteiger partial charge is 0.166 e. The molecule has 0 N–H and O–H groups in total. The van der Waals surface area contributed by atoms with Crippen molar-refractivity contribution in [1.82, 2.24) is 0 Å². The van der Waals surface area contributed by atoms with E-state index in [1.165, 1.54) is 4.31 Å². The summed E-state index contributed by atoms with van der Waals surface area (Å²) >= 11 is 0.189. The van der Waals surface area contributed by atoms with Crippen LogP contribution in [0.25, 0.3) is 0 Å². The lowest BCUT2D eigenvalue weighted by Crippen LogP contribution is -2.12. The van der Waals surface area contributed by atoms with Crippen molar-refractivity contribution in [2.75, 3.05) is 10.8 Å². The van der Waals surface area contributed by atoms with Gasteiger partial charge in [-0.1, -0.05) is 48.2 Å². The number of hydrogen-bond donors (Lipinski definition) is 0. The molecule has 1 nitrogen and oxygen atoms in total. The molecule has 2 aromatic rings. The van der Waals surface area contributed by atoms with Gasteiger partial charge in [-0.3, -0.25) is 4.31 Å². The van der Waals surface area contributed by atoms with Crippen molar-refractivity contribution in [1.29, 1.82) is 0 Å². The van der Waals surface area contributed by atoms with Gasteiger partial charge >= 0.3 is 0 Å². The minimum atomic E-state index is 0.189. The highest BCUT2D eigenvalue weighted by atomic mass is 32.2. The lowest BCUT2D eigenvalue weighted by molar-refractivity contribution is 0.924. The zero-order chi connectivity index (χ0) is 12.6. The van der Waals surface area contributed by atoms with Crippen molar-refractivity contribution in [2.45, 2.75) is 0 Å². The van der Waals surface area contributed by atoms with Crippen LogP contribution in [-0.2, 0) is 0 Å².